The molecule has 2 aliphatic heterocycles. The van der Waals surface area contributed by atoms with Crippen LogP contribution in [0.25, 0.3) is 0 Å². The number of imide groups is 1. The van der Waals surface area contributed by atoms with Gasteiger partial charge in [-0.1, -0.05) is 32.4 Å². The Morgan fingerprint density at radius 1 is 1.07 bits per heavy atom. The molecule has 1 N–H and O–H groups in total. The lowest BCUT2D eigenvalue weighted by molar-refractivity contribution is -0.138. The van der Waals surface area contributed by atoms with E-state index >= 15 is 0 Å². The lowest BCUT2D eigenvalue weighted by atomic mass is 10.0. The molecule has 1 saturated heterocycles. The minimum absolute atomic E-state index is 0.133. The van der Waals surface area contributed by atoms with Crippen LogP contribution < -0.4 is 5.48 Å². The molecule has 28 heavy (non-hydrogen) atoms. The molecule has 2 heterocycles. The second-order valence-corrected chi connectivity index (χ2v) is 7.89. The zero-order valence-electron chi connectivity index (χ0n) is 16.6. The number of hydroxylamine groups is 1. The van der Waals surface area contributed by atoms with Crippen molar-refractivity contribution < 1.29 is 19.2 Å². The smallest absolute Gasteiger partial charge is 0.266 e. The number of rotatable bonds is 8. The zero-order valence-corrected chi connectivity index (χ0v) is 16.6. The third kappa shape index (κ3) is 4.59. The van der Waals surface area contributed by atoms with Crippen LogP contribution in [0.3, 0.4) is 0 Å². The first-order valence-corrected chi connectivity index (χ1v) is 10.1. The van der Waals surface area contributed by atoms with Crippen molar-refractivity contribution in [2.45, 2.75) is 45.6 Å². The van der Waals surface area contributed by atoms with Gasteiger partial charge in [0.2, 0.25) is 0 Å². The molecule has 152 valence electrons. The van der Waals surface area contributed by atoms with Gasteiger partial charge in [0.15, 0.2) is 0 Å². The zero-order chi connectivity index (χ0) is 20.1. The molecule has 1 fully saturated rings. The molecule has 0 bridgehead atoms. The van der Waals surface area contributed by atoms with E-state index in [4.69, 9.17) is 4.84 Å². The number of piperidine rings is 1. The van der Waals surface area contributed by atoms with Crippen LogP contribution in [0.2, 0.25) is 0 Å². The van der Waals surface area contributed by atoms with Crippen LogP contribution in [-0.2, 0) is 9.63 Å². The Balaban J connectivity index is 1.61. The van der Waals surface area contributed by atoms with Crippen LogP contribution >= 0.6 is 0 Å². The first kappa shape index (κ1) is 20.5. The van der Waals surface area contributed by atoms with Crippen molar-refractivity contribution in [2.75, 3.05) is 26.2 Å². The van der Waals surface area contributed by atoms with Gasteiger partial charge in [0.1, 0.15) is 6.04 Å². The SMILES string of the molecule is CC(C)CC(C(=O)NOCCN1CCCCC1)N1C(=O)c2ccccc2C1=O. The second-order valence-electron chi connectivity index (χ2n) is 7.89. The largest absolute Gasteiger partial charge is 0.301 e. The Morgan fingerprint density at radius 2 is 1.68 bits per heavy atom. The Bertz CT molecular complexity index is 693. The highest BCUT2D eigenvalue weighted by atomic mass is 16.7. The maximum atomic E-state index is 12.8. The van der Waals surface area contributed by atoms with Gasteiger partial charge in [0.25, 0.3) is 17.7 Å². The molecule has 7 nitrogen and oxygen atoms in total. The van der Waals surface area contributed by atoms with E-state index in [2.05, 4.69) is 10.4 Å². The van der Waals surface area contributed by atoms with Crippen molar-refractivity contribution in [1.82, 2.24) is 15.3 Å². The predicted molar refractivity (Wildman–Crippen MR) is 105 cm³/mol. The van der Waals surface area contributed by atoms with E-state index in [1.165, 1.54) is 19.3 Å². The second kappa shape index (κ2) is 9.30. The first-order valence-electron chi connectivity index (χ1n) is 10.1. The molecule has 3 amide bonds. The lowest BCUT2D eigenvalue weighted by Crippen LogP contribution is -2.50. The Hall–Kier alpha value is -2.25. The number of amides is 3. The summed E-state index contributed by atoms with van der Waals surface area (Å²) >= 11 is 0. The van der Waals surface area contributed by atoms with E-state index in [9.17, 15) is 14.4 Å². The van der Waals surface area contributed by atoms with Gasteiger partial charge >= 0.3 is 0 Å². The van der Waals surface area contributed by atoms with Crippen LogP contribution in [0.1, 0.15) is 60.2 Å². The lowest BCUT2D eigenvalue weighted by Gasteiger charge is -2.27. The number of hydrogen-bond acceptors (Lipinski definition) is 5. The highest BCUT2D eigenvalue weighted by Crippen LogP contribution is 2.27. The average molecular weight is 387 g/mol. The van der Waals surface area contributed by atoms with Crippen molar-refractivity contribution in [2.24, 2.45) is 5.92 Å². The molecule has 2 aliphatic rings. The van der Waals surface area contributed by atoms with Gasteiger partial charge in [0.05, 0.1) is 17.7 Å². The summed E-state index contributed by atoms with van der Waals surface area (Å²) in [5.74, 6) is -1.17. The average Bonchev–Trinajstić information content (AvgIpc) is 2.95. The molecule has 0 saturated carbocycles. The van der Waals surface area contributed by atoms with Crippen LogP contribution in [-0.4, -0.2) is 59.8 Å². The Labute approximate surface area is 166 Å². The monoisotopic (exact) mass is 387 g/mol. The van der Waals surface area contributed by atoms with Gasteiger partial charge in [0, 0.05) is 6.54 Å². The molecule has 0 aliphatic carbocycles. The van der Waals surface area contributed by atoms with Gasteiger partial charge in [-0.2, -0.15) is 0 Å². The standard InChI is InChI=1S/C21H29N3O4/c1-15(2)14-18(19(25)22-28-13-12-23-10-6-3-7-11-23)24-20(26)16-8-4-5-9-17(16)21(24)27/h4-5,8-9,15,18H,3,6-7,10-14H2,1-2H3,(H,22,25). The highest BCUT2D eigenvalue weighted by molar-refractivity contribution is 6.22. The molecule has 0 radical (unpaired) electrons. The fourth-order valence-electron chi connectivity index (χ4n) is 3.82. The maximum absolute atomic E-state index is 12.8. The van der Waals surface area contributed by atoms with Crippen LogP contribution in [0.4, 0.5) is 0 Å². The van der Waals surface area contributed by atoms with Crippen LogP contribution in [0.15, 0.2) is 24.3 Å². The van der Waals surface area contributed by atoms with E-state index in [1.54, 1.807) is 24.3 Å². The van der Waals surface area contributed by atoms with E-state index in [0.29, 0.717) is 24.2 Å². The summed E-state index contributed by atoms with van der Waals surface area (Å²) in [6, 6.07) is 5.79. The summed E-state index contributed by atoms with van der Waals surface area (Å²) in [5.41, 5.74) is 3.16. The number of hydrogen-bond donors (Lipinski definition) is 1. The number of nitrogens with one attached hydrogen (secondary N) is 1. The Morgan fingerprint density at radius 3 is 2.25 bits per heavy atom. The van der Waals surface area contributed by atoms with Gasteiger partial charge in [-0.15, -0.1) is 0 Å². The molecule has 1 aromatic rings. The summed E-state index contributed by atoms with van der Waals surface area (Å²) < 4.78 is 0. The number of benzene rings is 1. The van der Waals surface area contributed by atoms with Crippen molar-refractivity contribution >= 4 is 17.7 Å². The van der Waals surface area contributed by atoms with E-state index < -0.39 is 23.8 Å². The number of carbonyl (C=O) groups is 3. The molecular weight excluding hydrogens is 358 g/mol. The summed E-state index contributed by atoms with van der Waals surface area (Å²) in [6.07, 6.45) is 4.04. The Kier molecular flexibility index (Phi) is 6.80. The quantitative estimate of drug-likeness (QED) is 0.420. The van der Waals surface area contributed by atoms with Crippen LogP contribution in [0, 0.1) is 5.92 Å². The number of nitrogens with zero attached hydrogens (tertiary/aromatic N) is 2. The summed E-state index contributed by atoms with van der Waals surface area (Å²) in [6.45, 7) is 7.15. The summed E-state index contributed by atoms with van der Waals surface area (Å²) in [5, 5.41) is 0. The number of likely N-dealkylation sites (tertiary alicyclic amines) is 1. The summed E-state index contributed by atoms with van der Waals surface area (Å²) in [4.78, 5) is 47.0. The molecular formula is C21H29N3O4. The molecule has 3 rings (SSSR count). The van der Waals surface area contributed by atoms with Crippen LogP contribution in [0.5, 0.6) is 0 Å². The topological polar surface area (TPSA) is 79.0 Å². The number of carbonyl (C=O) groups excluding carboxylic acids is 3. The maximum Gasteiger partial charge on any atom is 0.266 e. The first-order chi connectivity index (χ1) is 13.5. The normalized spacial score (nSPS) is 18.5. The van der Waals surface area contributed by atoms with Crippen molar-refractivity contribution in [3.63, 3.8) is 0 Å². The van der Waals surface area contributed by atoms with Gasteiger partial charge in [-0.3, -0.25) is 24.1 Å². The number of fused-ring (bicyclic) bond motifs is 1. The minimum atomic E-state index is -0.887. The van der Waals surface area contributed by atoms with E-state index in [-0.39, 0.29) is 5.92 Å². The van der Waals surface area contributed by atoms with Gasteiger partial charge in [-0.05, 0) is 50.4 Å². The van der Waals surface area contributed by atoms with Crippen molar-refractivity contribution in [3.05, 3.63) is 35.4 Å². The highest BCUT2D eigenvalue weighted by Gasteiger charge is 2.42. The third-order valence-electron chi connectivity index (χ3n) is 5.27. The molecule has 0 spiro atoms. The molecule has 1 unspecified atom stereocenters. The fourth-order valence-corrected chi connectivity index (χ4v) is 3.82. The van der Waals surface area contributed by atoms with Gasteiger partial charge < -0.3 is 4.90 Å². The molecule has 0 aromatic heterocycles. The molecule has 7 heteroatoms. The van der Waals surface area contributed by atoms with E-state index in [1.807, 2.05) is 13.8 Å². The van der Waals surface area contributed by atoms with Crippen molar-refractivity contribution in [1.29, 1.82) is 0 Å². The predicted octanol–water partition coefficient (Wildman–Crippen LogP) is 2.23. The van der Waals surface area contributed by atoms with E-state index in [0.717, 1.165) is 24.5 Å². The minimum Gasteiger partial charge on any atom is -0.301 e. The van der Waals surface area contributed by atoms with Crippen molar-refractivity contribution in [3.8, 4) is 0 Å². The summed E-state index contributed by atoms with van der Waals surface area (Å²) in [7, 11) is 0. The fraction of sp³-hybridized carbons (Fsp3) is 0.571. The third-order valence-corrected chi connectivity index (χ3v) is 5.27. The van der Waals surface area contributed by atoms with Gasteiger partial charge in [-0.25, -0.2) is 5.48 Å². The molecule has 1 aromatic carbocycles. The molecule has 1 atom stereocenters.